The van der Waals surface area contributed by atoms with Crippen LogP contribution in [0.25, 0.3) is 0 Å². The van der Waals surface area contributed by atoms with E-state index < -0.39 is 11.4 Å². The normalized spacial score (nSPS) is 26.7. The highest BCUT2D eigenvalue weighted by Gasteiger charge is 2.31. The van der Waals surface area contributed by atoms with Crippen molar-refractivity contribution in [1.82, 2.24) is 9.80 Å². The molecule has 2 aliphatic heterocycles. The molecule has 0 aromatic carbocycles. The summed E-state index contributed by atoms with van der Waals surface area (Å²) in [6.07, 6.45) is 6.09. The Bertz CT molecular complexity index is 311. The van der Waals surface area contributed by atoms with Crippen LogP contribution in [0.3, 0.4) is 0 Å². The Labute approximate surface area is 116 Å². The molecule has 0 spiro atoms. The molecule has 1 N–H and O–H groups in total. The quantitative estimate of drug-likeness (QED) is 0.829. The number of carboxylic acids is 1. The van der Waals surface area contributed by atoms with Crippen molar-refractivity contribution < 1.29 is 9.90 Å². The molecule has 110 valence electrons. The van der Waals surface area contributed by atoms with E-state index in [1.165, 1.54) is 38.8 Å². The van der Waals surface area contributed by atoms with Crippen molar-refractivity contribution in [3.63, 3.8) is 0 Å². The third-order valence-corrected chi connectivity index (χ3v) is 4.79. The lowest BCUT2D eigenvalue weighted by Gasteiger charge is -2.32. The smallest absolute Gasteiger partial charge is 0.309 e. The SMILES string of the molecule is CC(C)(CCN1CCC(N2CCCCC2)C1)C(=O)O. The van der Waals surface area contributed by atoms with Crippen molar-refractivity contribution in [1.29, 1.82) is 0 Å². The van der Waals surface area contributed by atoms with Crippen LogP contribution in [0.2, 0.25) is 0 Å². The molecule has 0 amide bonds. The molecule has 0 aromatic heterocycles. The maximum absolute atomic E-state index is 11.1. The van der Waals surface area contributed by atoms with Crippen molar-refractivity contribution in [3.8, 4) is 0 Å². The van der Waals surface area contributed by atoms with E-state index in [9.17, 15) is 4.79 Å². The highest BCUT2D eigenvalue weighted by molar-refractivity contribution is 5.73. The molecule has 0 aromatic rings. The Hall–Kier alpha value is -0.610. The molecule has 1 unspecified atom stereocenters. The van der Waals surface area contributed by atoms with Crippen LogP contribution in [-0.4, -0.2) is 59.6 Å². The van der Waals surface area contributed by atoms with E-state index in [1.807, 2.05) is 13.8 Å². The lowest BCUT2D eigenvalue weighted by atomic mass is 9.89. The molecule has 4 heteroatoms. The summed E-state index contributed by atoms with van der Waals surface area (Å²) < 4.78 is 0. The van der Waals surface area contributed by atoms with Gasteiger partial charge in [-0.05, 0) is 65.7 Å². The minimum Gasteiger partial charge on any atom is -0.481 e. The Balaban J connectivity index is 1.74. The summed E-state index contributed by atoms with van der Waals surface area (Å²) in [6, 6.07) is 0.716. The maximum Gasteiger partial charge on any atom is 0.309 e. The topological polar surface area (TPSA) is 43.8 Å². The van der Waals surface area contributed by atoms with Gasteiger partial charge in [-0.2, -0.15) is 0 Å². The summed E-state index contributed by atoms with van der Waals surface area (Å²) >= 11 is 0. The molecule has 2 heterocycles. The Morgan fingerprint density at radius 3 is 2.53 bits per heavy atom. The van der Waals surface area contributed by atoms with Gasteiger partial charge >= 0.3 is 5.97 Å². The van der Waals surface area contributed by atoms with Crippen LogP contribution < -0.4 is 0 Å². The van der Waals surface area contributed by atoms with Gasteiger partial charge in [0, 0.05) is 12.6 Å². The number of hydrogen-bond acceptors (Lipinski definition) is 3. The summed E-state index contributed by atoms with van der Waals surface area (Å²) in [6.45, 7) is 9.37. The summed E-state index contributed by atoms with van der Waals surface area (Å²) in [4.78, 5) is 16.2. The largest absolute Gasteiger partial charge is 0.481 e. The number of hydrogen-bond donors (Lipinski definition) is 1. The van der Waals surface area contributed by atoms with Gasteiger partial charge in [-0.15, -0.1) is 0 Å². The average molecular weight is 268 g/mol. The number of carbonyl (C=O) groups is 1. The van der Waals surface area contributed by atoms with Gasteiger partial charge in [0.2, 0.25) is 0 Å². The van der Waals surface area contributed by atoms with Gasteiger partial charge in [0.05, 0.1) is 5.41 Å². The third kappa shape index (κ3) is 3.93. The van der Waals surface area contributed by atoms with E-state index in [2.05, 4.69) is 9.80 Å². The second-order valence-electron chi connectivity index (χ2n) is 6.78. The monoisotopic (exact) mass is 268 g/mol. The van der Waals surface area contributed by atoms with Gasteiger partial charge in [0.15, 0.2) is 0 Å². The number of piperidine rings is 1. The number of aliphatic carboxylic acids is 1. The van der Waals surface area contributed by atoms with Gasteiger partial charge in [0.1, 0.15) is 0 Å². The Kier molecular flexibility index (Phi) is 4.85. The predicted octanol–water partition coefficient (Wildman–Crippen LogP) is 2.05. The standard InChI is InChI=1S/C15H28N2O2/c1-15(2,14(18)19)7-11-16-10-6-13(12-16)17-8-4-3-5-9-17/h13H,3-12H2,1-2H3,(H,18,19). The summed E-state index contributed by atoms with van der Waals surface area (Å²) in [5.41, 5.74) is -0.594. The van der Waals surface area contributed by atoms with Crippen molar-refractivity contribution in [2.75, 3.05) is 32.7 Å². The maximum atomic E-state index is 11.1. The van der Waals surface area contributed by atoms with E-state index in [1.54, 1.807) is 0 Å². The van der Waals surface area contributed by atoms with Crippen LogP contribution in [0, 0.1) is 5.41 Å². The first kappa shape index (κ1) is 14.8. The second-order valence-corrected chi connectivity index (χ2v) is 6.78. The fraction of sp³-hybridized carbons (Fsp3) is 0.933. The molecular weight excluding hydrogens is 240 g/mol. The highest BCUT2D eigenvalue weighted by atomic mass is 16.4. The molecule has 4 nitrogen and oxygen atoms in total. The van der Waals surface area contributed by atoms with Crippen molar-refractivity contribution in [3.05, 3.63) is 0 Å². The predicted molar refractivity (Wildman–Crippen MR) is 76.3 cm³/mol. The van der Waals surface area contributed by atoms with E-state index in [4.69, 9.17) is 5.11 Å². The van der Waals surface area contributed by atoms with E-state index in [0.29, 0.717) is 6.04 Å². The van der Waals surface area contributed by atoms with E-state index >= 15 is 0 Å². The average Bonchev–Trinajstić information content (AvgIpc) is 2.86. The molecule has 0 radical (unpaired) electrons. The Morgan fingerprint density at radius 2 is 1.89 bits per heavy atom. The number of nitrogens with zero attached hydrogens (tertiary/aromatic N) is 2. The van der Waals surface area contributed by atoms with Crippen molar-refractivity contribution in [2.45, 2.75) is 52.0 Å². The van der Waals surface area contributed by atoms with Gasteiger partial charge in [0.25, 0.3) is 0 Å². The van der Waals surface area contributed by atoms with Crippen molar-refractivity contribution >= 4 is 5.97 Å². The molecule has 1 atom stereocenters. The van der Waals surface area contributed by atoms with Crippen LogP contribution in [-0.2, 0) is 4.79 Å². The van der Waals surface area contributed by atoms with Crippen LogP contribution in [0.15, 0.2) is 0 Å². The fourth-order valence-electron chi connectivity index (χ4n) is 3.14. The summed E-state index contributed by atoms with van der Waals surface area (Å²) in [5.74, 6) is -0.681. The first-order chi connectivity index (χ1) is 8.99. The lowest BCUT2D eigenvalue weighted by Crippen LogP contribution is -2.41. The molecular formula is C15H28N2O2. The Morgan fingerprint density at radius 1 is 1.21 bits per heavy atom. The van der Waals surface area contributed by atoms with Crippen LogP contribution in [0.5, 0.6) is 0 Å². The first-order valence-electron chi connectivity index (χ1n) is 7.69. The molecule has 2 rings (SSSR count). The van der Waals surface area contributed by atoms with Crippen LogP contribution in [0.1, 0.15) is 46.0 Å². The molecule has 19 heavy (non-hydrogen) atoms. The first-order valence-corrected chi connectivity index (χ1v) is 7.69. The third-order valence-electron chi connectivity index (χ3n) is 4.79. The van der Waals surface area contributed by atoms with Gasteiger partial charge in [-0.3, -0.25) is 9.69 Å². The molecule has 0 bridgehead atoms. The molecule has 2 fully saturated rings. The minimum atomic E-state index is -0.681. The molecule has 2 saturated heterocycles. The number of carboxylic acid groups (broad SMARTS) is 1. The zero-order valence-corrected chi connectivity index (χ0v) is 12.4. The highest BCUT2D eigenvalue weighted by Crippen LogP contribution is 2.24. The molecule has 0 saturated carbocycles. The van der Waals surface area contributed by atoms with Crippen LogP contribution >= 0.6 is 0 Å². The molecule has 0 aliphatic carbocycles. The zero-order valence-electron chi connectivity index (χ0n) is 12.4. The number of likely N-dealkylation sites (tertiary alicyclic amines) is 2. The fourth-order valence-corrected chi connectivity index (χ4v) is 3.14. The lowest BCUT2D eigenvalue weighted by molar-refractivity contribution is -0.147. The minimum absolute atomic E-state index is 0.594. The van der Waals surface area contributed by atoms with Crippen LogP contribution in [0.4, 0.5) is 0 Å². The summed E-state index contributed by atoms with van der Waals surface area (Å²) in [7, 11) is 0. The second kappa shape index (κ2) is 6.23. The van der Waals surface area contributed by atoms with E-state index in [-0.39, 0.29) is 0 Å². The molecule has 2 aliphatic rings. The summed E-state index contributed by atoms with van der Waals surface area (Å²) in [5, 5.41) is 9.14. The number of rotatable bonds is 5. The van der Waals surface area contributed by atoms with Gasteiger partial charge in [-0.25, -0.2) is 0 Å². The van der Waals surface area contributed by atoms with E-state index in [0.717, 1.165) is 26.1 Å². The van der Waals surface area contributed by atoms with Crippen molar-refractivity contribution in [2.24, 2.45) is 5.41 Å². The van der Waals surface area contributed by atoms with Gasteiger partial charge < -0.3 is 10.0 Å². The zero-order chi connectivity index (χ0) is 13.9. The van der Waals surface area contributed by atoms with Gasteiger partial charge in [-0.1, -0.05) is 6.42 Å².